The van der Waals surface area contributed by atoms with Crippen molar-refractivity contribution in [1.82, 2.24) is 15.3 Å². The number of amides is 1. The van der Waals surface area contributed by atoms with Crippen molar-refractivity contribution in [2.75, 3.05) is 19.5 Å². The number of nitrogens with zero attached hydrogens (tertiary/aromatic N) is 2. The number of hydrogen-bond acceptors (Lipinski definition) is 5. The predicted molar refractivity (Wildman–Crippen MR) is 64.6 cm³/mol. The highest BCUT2D eigenvalue weighted by molar-refractivity contribution is 5.93. The van der Waals surface area contributed by atoms with Crippen molar-refractivity contribution in [2.24, 2.45) is 0 Å². The van der Waals surface area contributed by atoms with E-state index in [0.29, 0.717) is 12.3 Å². The van der Waals surface area contributed by atoms with Crippen LogP contribution in [0.3, 0.4) is 0 Å². The third-order valence-electron chi connectivity index (χ3n) is 2.06. The molecule has 0 aliphatic carbocycles. The van der Waals surface area contributed by atoms with Crippen LogP contribution in [0.4, 0.5) is 5.95 Å². The van der Waals surface area contributed by atoms with Gasteiger partial charge in [0.25, 0.3) is 5.91 Å². The average molecular weight is 238 g/mol. The monoisotopic (exact) mass is 238 g/mol. The molecule has 1 rings (SSSR count). The Hall–Kier alpha value is -1.69. The summed E-state index contributed by atoms with van der Waals surface area (Å²) in [4.78, 5) is 19.7. The van der Waals surface area contributed by atoms with Crippen LogP contribution in [0.15, 0.2) is 6.07 Å². The van der Waals surface area contributed by atoms with Gasteiger partial charge in [0.05, 0.1) is 12.1 Å². The summed E-state index contributed by atoms with van der Waals surface area (Å²) >= 11 is 0. The number of ether oxygens (including phenoxy) is 1. The Labute approximate surface area is 101 Å². The van der Waals surface area contributed by atoms with Gasteiger partial charge in [0.15, 0.2) is 0 Å². The van der Waals surface area contributed by atoms with E-state index >= 15 is 0 Å². The fourth-order valence-corrected chi connectivity index (χ4v) is 1.48. The van der Waals surface area contributed by atoms with E-state index in [2.05, 4.69) is 15.3 Å². The molecule has 1 aromatic heterocycles. The molecule has 3 N–H and O–H groups in total. The first-order chi connectivity index (χ1) is 7.84. The fourth-order valence-electron chi connectivity index (χ4n) is 1.48. The summed E-state index contributed by atoms with van der Waals surface area (Å²) in [6, 6.07) is 1.59. The first-order valence-corrected chi connectivity index (χ1v) is 5.27. The minimum Gasteiger partial charge on any atom is -0.382 e. The maximum Gasteiger partial charge on any atom is 0.270 e. The number of aromatic nitrogens is 2. The van der Waals surface area contributed by atoms with Crippen LogP contribution < -0.4 is 11.1 Å². The molecular weight excluding hydrogens is 220 g/mol. The molecule has 0 radical (unpaired) electrons. The summed E-state index contributed by atoms with van der Waals surface area (Å²) in [5.41, 5.74) is 5.96. The Morgan fingerprint density at radius 1 is 1.53 bits per heavy atom. The second kappa shape index (κ2) is 5.09. The van der Waals surface area contributed by atoms with Crippen LogP contribution in [0, 0.1) is 6.92 Å². The van der Waals surface area contributed by atoms with Gasteiger partial charge in [-0.25, -0.2) is 9.97 Å². The minimum absolute atomic E-state index is 0.0969. The van der Waals surface area contributed by atoms with Crippen LogP contribution >= 0.6 is 0 Å². The van der Waals surface area contributed by atoms with Gasteiger partial charge in [0, 0.05) is 12.8 Å². The lowest BCUT2D eigenvalue weighted by Crippen LogP contribution is -2.47. The van der Waals surface area contributed by atoms with Gasteiger partial charge < -0.3 is 15.8 Å². The molecule has 6 nitrogen and oxygen atoms in total. The predicted octanol–water partition coefficient (Wildman–Crippen LogP) is 0.522. The second-order valence-corrected chi connectivity index (χ2v) is 4.52. The van der Waals surface area contributed by atoms with E-state index in [1.54, 1.807) is 20.1 Å². The van der Waals surface area contributed by atoms with Crippen molar-refractivity contribution < 1.29 is 9.53 Å². The van der Waals surface area contributed by atoms with Gasteiger partial charge in [-0.2, -0.15) is 0 Å². The van der Waals surface area contributed by atoms with Crippen LogP contribution in [0.2, 0.25) is 0 Å². The molecule has 1 heterocycles. The number of nitrogens with one attached hydrogen (secondary N) is 1. The zero-order chi connectivity index (χ0) is 13.1. The van der Waals surface area contributed by atoms with Gasteiger partial charge in [-0.3, -0.25) is 4.79 Å². The van der Waals surface area contributed by atoms with Crippen molar-refractivity contribution in [2.45, 2.75) is 26.3 Å². The Kier molecular flexibility index (Phi) is 4.01. The van der Waals surface area contributed by atoms with E-state index < -0.39 is 5.54 Å². The highest BCUT2D eigenvalue weighted by atomic mass is 16.5. The first kappa shape index (κ1) is 13.4. The third kappa shape index (κ3) is 3.99. The Morgan fingerprint density at radius 2 is 2.18 bits per heavy atom. The third-order valence-corrected chi connectivity index (χ3v) is 2.06. The van der Waals surface area contributed by atoms with Crippen molar-refractivity contribution >= 4 is 11.9 Å². The number of anilines is 1. The van der Waals surface area contributed by atoms with Gasteiger partial charge >= 0.3 is 0 Å². The van der Waals surface area contributed by atoms with E-state index in [1.165, 1.54) is 0 Å². The summed E-state index contributed by atoms with van der Waals surface area (Å²) in [5.74, 6) is -0.191. The average Bonchev–Trinajstić information content (AvgIpc) is 2.14. The molecule has 0 spiro atoms. The van der Waals surface area contributed by atoms with Crippen LogP contribution in [-0.2, 0) is 4.74 Å². The van der Waals surface area contributed by atoms with Crippen LogP contribution in [0.5, 0.6) is 0 Å². The summed E-state index contributed by atoms with van der Waals surface area (Å²) in [6.07, 6.45) is 0. The summed E-state index contributed by atoms with van der Waals surface area (Å²) in [5, 5.41) is 2.82. The quantitative estimate of drug-likeness (QED) is 0.798. The zero-order valence-corrected chi connectivity index (χ0v) is 10.6. The van der Waals surface area contributed by atoms with Gasteiger partial charge in [0.1, 0.15) is 5.69 Å². The highest BCUT2D eigenvalue weighted by Crippen LogP contribution is 2.06. The van der Waals surface area contributed by atoms with E-state index in [-0.39, 0.29) is 17.5 Å². The molecule has 6 heteroatoms. The number of hydrogen-bond donors (Lipinski definition) is 2. The van der Waals surface area contributed by atoms with Crippen molar-refractivity contribution in [3.8, 4) is 0 Å². The molecule has 0 saturated carbocycles. The second-order valence-electron chi connectivity index (χ2n) is 4.52. The lowest BCUT2D eigenvalue weighted by molar-refractivity contribution is 0.0815. The smallest absolute Gasteiger partial charge is 0.270 e. The number of rotatable bonds is 4. The zero-order valence-electron chi connectivity index (χ0n) is 10.6. The molecule has 1 aromatic rings. The molecule has 0 aliphatic rings. The number of carbonyl (C=O) groups excluding carboxylic acids is 1. The van der Waals surface area contributed by atoms with Crippen LogP contribution in [0.1, 0.15) is 30.0 Å². The SMILES string of the molecule is COCC(C)(C)NC(=O)c1cc(C)nc(N)n1. The van der Waals surface area contributed by atoms with E-state index in [1.807, 2.05) is 13.8 Å². The molecule has 1 amide bonds. The summed E-state index contributed by atoms with van der Waals surface area (Å²) in [6.45, 7) is 5.91. The number of nitrogen functional groups attached to an aromatic ring is 1. The molecule has 0 atom stereocenters. The lowest BCUT2D eigenvalue weighted by atomic mass is 10.1. The van der Waals surface area contributed by atoms with Crippen molar-refractivity contribution in [1.29, 1.82) is 0 Å². The standard InChI is InChI=1S/C11H18N4O2/c1-7-5-8(14-10(12)13-7)9(16)15-11(2,3)6-17-4/h5H,6H2,1-4H3,(H,15,16)(H2,12,13,14). The topological polar surface area (TPSA) is 90.1 Å². The summed E-state index contributed by atoms with van der Waals surface area (Å²) in [7, 11) is 1.58. The van der Waals surface area contributed by atoms with Crippen molar-refractivity contribution in [3.63, 3.8) is 0 Å². The Bertz CT molecular complexity index is 398. The maximum absolute atomic E-state index is 11.9. The largest absolute Gasteiger partial charge is 0.382 e. The van der Waals surface area contributed by atoms with Gasteiger partial charge in [-0.05, 0) is 26.8 Å². The maximum atomic E-state index is 11.9. The number of methoxy groups -OCH3 is 1. The molecule has 0 aromatic carbocycles. The molecule has 0 saturated heterocycles. The van der Waals surface area contributed by atoms with Gasteiger partial charge in [0.2, 0.25) is 5.95 Å². The van der Waals surface area contributed by atoms with E-state index in [0.717, 1.165) is 0 Å². The van der Waals surface area contributed by atoms with Crippen LogP contribution in [0.25, 0.3) is 0 Å². The first-order valence-electron chi connectivity index (χ1n) is 5.27. The number of nitrogens with two attached hydrogens (primary N) is 1. The van der Waals surface area contributed by atoms with E-state index in [9.17, 15) is 4.79 Å². The highest BCUT2D eigenvalue weighted by Gasteiger charge is 2.22. The fraction of sp³-hybridized carbons (Fsp3) is 0.545. The lowest BCUT2D eigenvalue weighted by Gasteiger charge is -2.25. The molecule has 0 aliphatic heterocycles. The molecule has 0 bridgehead atoms. The number of aryl methyl sites for hydroxylation is 1. The molecule has 94 valence electrons. The van der Waals surface area contributed by atoms with Gasteiger partial charge in [-0.15, -0.1) is 0 Å². The molecule has 0 fully saturated rings. The minimum atomic E-state index is -0.459. The van der Waals surface area contributed by atoms with Gasteiger partial charge in [-0.1, -0.05) is 0 Å². The molecular formula is C11H18N4O2. The normalized spacial score (nSPS) is 11.3. The van der Waals surface area contributed by atoms with Crippen LogP contribution in [-0.4, -0.2) is 35.1 Å². The van der Waals surface area contributed by atoms with E-state index in [4.69, 9.17) is 10.5 Å². The number of carbonyl (C=O) groups is 1. The Balaban J connectivity index is 2.83. The summed E-state index contributed by atoms with van der Waals surface area (Å²) < 4.78 is 5.02. The molecule has 0 unspecified atom stereocenters. The molecule has 17 heavy (non-hydrogen) atoms. The Morgan fingerprint density at radius 3 is 2.71 bits per heavy atom. The van der Waals surface area contributed by atoms with Crippen molar-refractivity contribution in [3.05, 3.63) is 17.5 Å².